The lowest BCUT2D eigenvalue weighted by atomic mass is 10.2. The maximum atomic E-state index is 10.7. The third kappa shape index (κ3) is 31.5. The summed E-state index contributed by atoms with van der Waals surface area (Å²) in [6.45, 7) is 11.7. The summed E-state index contributed by atoms with van der Waals surface area (Å²) in [5.41, 5.74) is 10.1. The quantitative estimate of drug-likeness (QED) is 0.546. The van der Waals surface area contributed by atoms with Crippen molar-refractivity contribution in [2.45, 2.75) is 53.6 Å². The van der Waals surface area contributed by atoms with Gasteiger partial charge in [-0.2, -0.15) is 0 Å². The largest absolute Gasteiger partial charge is 0.480 e. The minimum absolute atomic E-state index is 0. The van der Waals surface area contributed by atoms with E-state index in [0.717, 1.165) is 0 Å². The van der Waals surface area contributed by atoms with Crippen molar-refractivity contribution in [3.8, 4) is 0 Å². The van der Waals surface area contributed by atoms with Crippen LogP contribution in [0, 0.1) is 11.8 Å². The topological polar surface area (TPSA) is 136 Å². The number of nitrogens with two attached hydrogens (primary N) is 2. The molecule has 0 amide bonds. The Morgan fingerprint density at radius 1 is 0.955 bits per heavy atom. The molecule has 0 saturated heterocycles. The van der Waals surface area contributed by atoms with Gasteiger partial charge in [-0.05, 0) is 25.7 Å². The first-order valence-electron chi connectivity index (χ1n) is 6.97. The van der Waals surface area contributed by atoms with Gasteiger partial charge in [0, 0.05) is 6.61 Å². The number of rotatable bonds is 5. The molecule has 0 aliphatic rings. The predicted octanol–water partition coefficient (Wildman–Crippen LogP) is 1.01. The molecule has 0 saturated carbocycles. The predicted molar refractivity (Wildman–Crippen MR) is 89.9 cm³/mol. The molecular formula is C14H33ClN2O5. The van der Waals surface area contributed by atoms with Gasteiger partial charge in [0.05, 0.1) is 6.61 Å². The molecule has 0 spiro atoms. The van der Waals surface area contributed by atoms with Crippen LogP contribution in [0.25, 0.3) is 0 Å². The van der Waals surface area contributed by atoms with Crippen molar-refractivity contribution in [1.29, 1.82) is 0 Å². The van der Waals surface area contributed by atoms with E-state index in [4.69, 9.17) is 26.4 Å². The van der Waals surface area contributed by atoms with Crippen molar-refractivity contribution in [2.75, 3.05) is 13.2 Å². The number of carboxylic acid groups (broad SMARTS) is 1. The molecule has 0 aromatic rings. The molecule has 0 aromatic heterocycles. The van der Waals surface area contributed by atoms with Gasteiger partial charge in [0.2, 0.25) is 0 Å². The van der Waals surface area contributed by atoms with E-state index in [-0.39, 0.29) is 18.4 Å². The molecular weight excluding hydrogens is 312 g/mol. The first kappa shape index (κ1) is 29.2. The van der Waals surface area contributed by atoms with Gasteiger partial charge in [0.25, 0.3) is 0 Å². The molecule has 0 aliphatic carbocycles. The van der Waals surface area contributed by atoms with Crippen LogP contribution in [-0.2, 0) is 14.3 Å². The molecule has 8 heteroatoms. The molecule has 7 nitrogen and oxygen atoms in total. The molecule has 0 radical (unpaired) electrons. The van der Waals surface area contributed by atoms with E-state index in [0.29, 0.717) is 25.0 Å². The van der Waals surface area contributed by atoms with Gasteiger partial charge in [0.15, 0.2) is 0 Å². The average molecular weight is 345 g/mol. The number of ether oxygens (including phenoxy) is 1. The number of esters is 1. The molecule has 2 atom stereocenters. The van der Waals surface area contributed by atoms with Crippen molar-refractivity contribution in [1.82, 2.24) is 0 Å². The number of aliphatic hydroxyl groups excluding tert-OH is 1. The van der Waals surface area contributed by atoms with Gasteiger partial charge in [-0.3, -0.25) is 9.59 Å². The lowest BCUT2D eigenvalue weighted by Gasteiger charge is -2.08. The summed E-state index contributed by atoms with van der Waals surface area (Å²) >= 11 is 0. The van der Waals surface area contributed by atoms with Crippen LogP contribution in [0.2, 0.25) is 0 Å². The zero-order chi connectivity index (χ0) is 17.6. The Kier molecular flexibility index (Phi) is 24.1. The minimum atomic E-state index is -0.963. The molecule has 0 aliphatic heterocycles. The maximum absolute atomic E-state index is 10.7. The molecule has 22 heavy (non-hydrogen) atoms. The molecule has 6 N–H and O–H groups in total. The van der Waals surface area contributed by atoms with Crippen LogP contribution < -0.4 is 11.5 Å². The van der Waals surface area contributed by atoms with Crippen LogP contribution in [0.4, 0.5) is 0 Å². The summed E-state index contributed by atoms with van der Waals surface area (Å²) in [5, 5.41) is 16.0. The molecule has 0 heterocycles. The number of carbonyl (C=O) groups is 2. The Morgan fingerprint density at radius 2 is 1.27 bits per heavy atom. The second-order valence-corrected chi connectivity index (χ2v) is 5.52. The highest BCUT2D eigenvalue weighted by Gasteiger charge is 2.08. The summed E-state index contributed by atoms with van der Waals surface area (Å²) in [4.78, 5) is 20.3. The molecule has 0 rings (SSSR count). The van der Waals surface area contributed by atoms with Crippen LogP contribution in [-0.4, -0.2) is 47.4 Å². The first-order valence-corrected chi connectivity index (χ1v) is 6.97. The normalized spacial score (nSPS) is 12.0. The molecule has 136 valence electrons. The monoisotopic (exact) mass is 344 g/mol. The summed E-state index contributed by atoms with van der Waals surface area (Å²) in [6.07, 6.45) is 0. The fraction of sp³-hybridized carbons (Fsp3) is 0.857. The Morgan fingerprint density at radius 3 is 1.41 bits per heavy atom. The maximum Gasteiger partial charge on any atom is 0.322 e. The van der Waals surface area contributed by atoms with Crippen molar-refractivity contribution in [3.63, 3.8) is 0 Å². The van der Waals surface area contributed by atoms with Gasteiger partial charge in [-0.15, -0.1) is 12.4 Å². The number of carbonyl (C=O) groups excluding carboxylic acids is 1. The van der Waals surface area contributed by atoms with E-state index in [1.165, 1.54) is 6.92 Å². The smallest absolute Gasteiger partial charge is 0.322 e. The molecule has 0 bridgehead atoms. The van der Waals surface area contributed by atoms with E-state index in [9.17, 15) is 9.59 Å². The fourth-order valence-electron chi connectivity index (χ4n) is 0.380. The minimum Gasteiger partial charge on any atom is -0.480 e. The number of aliphatic hydroxyl groups is 1. The molecule has 0 aromatic carbocycles. The Bertz CT molecular complexity index is 272. The molecule has 0 unspecified atom stereocenters. The third-order valence-corrected chi connectivity index (χ3v) is 1.69. The number of halogens is 1. The lowest BCUT2D eigenvalue weighted by molar-refractivity contribution is -0.145. The first-order chi connectivity index (χ1) is 9.45. The van der Waals surface area contributed by atoms with Crippen LogP contribution >= 0.6 is 12.4 Å². The third-order valence-electron chi connectivity index (χ3n) is 1.69. The van der Waals surface area contributed by atoms with E-state index in [1.54, 1.807) is 6.92 Å². The SMILES string of the molecule is CC(C)CO.CC(C)COC(=O)[C@H](C)N.C[C@H](N)C(=O)O.Cl. The van der Waals surface area contributed by atoms with E-state index in [2.05, 4.69) is 0 Å². The second kappa shape index (κ2) is 18.2. The summed E-state index contributed by atoms with van der Waals surface area (Å²) in [6, 6.07) is -1.23. The van der Waals surface area contributed by atoms with E-state index < -0.39 is 18.1 Å². The fourth-order valence-corrected chi connectivity index (χ4v) is 0.380. The van der Waals surface area contributed by atoms with Crippen LogP contribution in [0.1, 0.15) is 41.5 Å². The Balaban J connectivity index is -0.000000117. The highest BCUT2D eigenvalue weighted by atomic mass is 35.5. The number of aliphatic carboxylic acids is 1. The van der Waals surface area contributed by atoms with Gasteiger partial charge in [-0.1, -0.05) is 27.7 Å². The van der Waals surface area contributed by atoms with Crippen molar-refractivity contribution < 1.29 is 24.5 Å². The second-order valence-electron chi connectivity index (χ2n) is 5.52. The van der Waals surface area contributed by atoms with Gasteiger partial charge < -0.3 is 26.4 Å². The standard InChI is InChI=1S/C7H15NO2.C4H10O.C3H7NO2.ClH/c1-5(2)4-10-7(9)6(3)8;1-4(2)3-5;1-2(4)3(5)6;/h5-6H,4,8H2,1-3H3;4-5H,3H2,1-2H3;2H,4H2,1H3,(H,5,6);1H/t6-;;2-;/m0.0./s1. The van der Waals surface area contributed by atoms with Crippen LogP contribution in [0.15, 0.2) is 0 Å². The zero-order valence-electron chi connectivity index (χ0n) is 14.4. The highest BCUT2D eigenvalue weighted by molar-refractivity contribution is 5.85. The van der Waals surface area contributed by atoms with E-state index >= 15 is 0 Å². The summed E-state index contributed by atoms with van der Waals surface area (Å²) < 4.78 is 4.80. The highest BCUT2D eigenvalue weighted by Crippen LogP contribution is 1.93. The van der Waals surface area contributed by atoms with Gasteiger partial charge in [0.1, 0.15) is 12.1 Å². The molecule has 0 fully saturated rings. The van der Waals surface area contributed by atoms with Gasteiger partial charge in [-0.25, -0.2) is 0 Å². The van der Waals surface area contributed by atoms with Crippen LogP contribution in [0.3, 0.4) is 0 Å². The zero-order valence-corrected chi connectivity index (χ0v) is 15.2. The van der Waals surface area contributed by atoms with Crippen molar-refractivity contribution in [2.24, 2.45) is 23.3 Å². The van der Waals surface area contributed by atoms with Gasteiger partial charge >= 0.3 is 11.9 Å². The number of hydrogen-bond donors (Lipinski definition) is 4. The Labute approximate surface area is 139 Å². The number of hydrogen-bond acceptors (Lipinski definition) is 6. The van der Waals surface area contributed by atoms with E-state index in [1.807, 2.05) is 27.7 Å². The lowest BCUT2D eigenvalue weighted by Crippen LogP contribution is -2.29. The average Bonchev–Trinajstić information content (AvgIpc) is 2.36. The number of carboxylic acids is 1. The van der Waals surface area contributed by atoms with Crippen LogP contribution in [0.5, 0.6) is 0 Å². The summed E-state index contributed by atoms with van der Waals surface area (Å²) in [5.74, 6) is -0.471. The Hall–Kier alpha value is -0.890. The van der Waals surface area contributed by atoms with Crippen molar-refractivity contribution in [3.05, 3.63) is 0 Å². The van der Waals surface area contributed by atoms with Crippen molar-refractivity contribution >= 4 is 24.3 Å². The summed E-state index contributed by atoms with van der Waals surface area (Å²) in [7, 11) is 0.